The molecule has 0 heterocycles. The number of carbonyl (C=O) groups is 3. The molecule has 0 fully saturated rings. The fourth-order valence-electron chi connectivity index (χ4n) is 5.33. The van der Waals surface area contributed by atoms with Gasteiger partial charge in [-0.2, -0.15) is 0 Å². The van der Waals surface area contributed by atoms with Crippen LogP contribution < -0.4 is 0 Å². The third-order valence-electron chi connectivity index (χ3n) is 8.77. The third kappa shape index (κ3) is 47.4. The number of hydrogen-bond acceptors (Lipinski definition) is 6. The Morgan fingerprint density at radius 3 is 0.857 bits per heavy atom. The van der Waals surface area contributed by atoms with Gasteiger partial charge in [0.25, 0.3) is 0 Å². The molecular formula is C57H80O6. The van der Waals surface area contributed by atoms with Crippen molar-refractivity contribution >= 4 is 17.9 Å². The van der Waals surface area contributed by atoms with Crippen LogP contribution in [0.5, 0.6) is 0 Å². The molecule has 0 aliphatic rings. The van der Waals surface area contributed by atoms with E-state index in [0.29, 0.717) is 19.3 Å². The Bertz CT molecular complexity index is 1600. The van der Waals surface area contributed by atoms with E-state index in [2.05, 4.69) is 57.2 Å². The van der Waals surface area contributed by atoms with E-state index in [4.69, 9.17) is 14.2 Å². The SMILES string of the molecule is CC\C=C/C=C\C=C/C=C\C=C\C=C/C=C\CCCCCC(=O)OCC(COC(=O)CCCCC\C=C/C=C\C=C/C=C\CC)OC(=O)CCCCC\C=C/C=C\C=C/C=C\CC. The molecule has 0 rings (SSSR count). The molecule has 344 valence electrons. The molecule has 6 heteroatoms. The van der Waals surface area contributed by atoms with Gasteiger partial charge in [0, 0.05) is 19.3 Å². The zero-order chi connectivity index (χ0) is 45.8. The second-order valence-corrected chi connectivity index (χ2v) is 14.5. The van der Waals surface area contributed by atoms with Crippen LogP contribution in [0.4, 0.5) is 0 Å². The summed E-state index contributed by atoms with van der Waals surface area (Å²) in [6.07, 6.45) is 74.4. The molecule has 0 aromatic rings. The maximum absolute atomic E-state index is 12.7. The first-order valence-corrected chi connectivity index (χ1v) is 23.5. The normalized spacial score (nSPS) is 13.8. The molecule has 0 N–H and O–H groups in total. The molecule has 0 amide bonds. The molecule has 0 radical (unpaired) electrons. The van der Waals surface area contributed by atoms with E-state index >= 15 is 0 Å². The van der Waals surface area contributed by atoms with Crippen LogP contribution in [0.2, 0.25) is 0 Å². The number of esters is 3. The van der Waals surface area contributed by atoms with E-state index in [0.717, 1.165) is 77.0 Å². The molecule has 0 saturated heterocycles. The average Bonchev–Trinajstić information content (AvgIpc) is 3.28. The highest BCUT2D eigenvalue weighted by atomic mass is 16.6. The van der Waals surface area contributed by atoms with Crippen molar-refractivity contribution in [1.82, 2.24) is 0 Å². The van der Waals surface area contributed by atoms with Crippen molar-refractivity contribution in [2.24, 2.45) is 0 Å². The molecule has 1 atom stereocenters. The van der Waals surface area contributed by atoms with E-state index < -0.39 is 6.10 Å². The van der Waals surface area contributed by atoms with Crippen LogP contribution in [0, 0.1) is 0 Å². The third-order valence-corrected chi connectivity index (χ3v) is 8.77. The fourth-order valence-corrected chi connectivity index (χ4v) is 5.33. The van der Waals surface area contributed by atoms with Crippen molar-refractivity contribution in [1.29, 1.82) is 0 Å². The van der Waals surface area contributed by atoms with Crippen LogP contribution in [0.15, 0.2) is 182 Å². The van der Waals surface area contributed by atoms with Crippen LogP contribution in [-0.2, 0) is 28.6 Å². The van der Waals surface area contributed by atoms with Gasteiger partial charge < -0.3 is 14.2 Å². The summed E-state index contributed by atoms with van der Waals surface area (Å²) in [4.78, 5) is 37.8. The highest BCUT2D eigenvalue weighted by molar-refractivity contribution is 5.71. The monoisotopic (exact) mass is 861 g/mol. The van der Waals surface area contributed by atoms with Crippen molar-refractivity contribution in [2.75, 3.05) is 13.2 Å². The van der Waals surface area contributed by atoms with Crippen LogP contribution in [0.3, 0.4) is 0 Å². The predicted molar refractivity (Wildman–Crippen MR) is 269 cm³/mol. The van der Waals surface area contributed by atoms with Crippen molar-refractivity contribution in [3.05, 3.63) is 182 Å². The highest BCUT2D eigenvalue weighted by Crippen LogP contribution is 2.10. The van der Waals surface area contributed by atoms with Gasteiger partial charge in [-0.05, 0) is 77.0 Å². The van der Waals surface area contributed by atoms with Crippen molar-refractivity contribution in [3.8, 4) is 0 Å². The first kappa shape index (κ1) is 57.5. The smallest absolute Gasteiger partial charge is 0.306 e. The van der Waals surface area contributed by atoms with Gasteiger partial charge in [0.1, 0.15) is 13.2 Å². The molecule has 0 aromatic carbocycles. The Hall–Kier alpha value is -5.49. The number of ether oxygens (including phenoxy) is 3. The number of rotatable bonds is 38. The van der Waals surface area contributed by atoms with Gasteiger partial charge in [-0.15, -0.1) is 0 Å². The lowest BCUT2D eigenvalue weighted by Crippen LogP contribution is -2.30. The minimum Gasteiger partial charge on any atom is -0.462 e. The second kappa shape index (κ2) is 49.2. The summed E-state index contributed by atoms with van der Waals surface area (Å²) in [6.45, 7) is 6.04. The van der Waals surface area contributed by atoms with E-state index in [1.54, 1.807) is 0 Å². The molecule has 0 saturated carbocycles. The number of unbranched alkanes of at least 4 members (excludes halogenated alkanes) is 9. The number of allylic oxidation sites excluding steroid dienone is 30. The Morgan fingerprint density at radius 1 is 0.317 bits per heavy atom. The summed E-state index contributed by atoms with van der Waals surface area (Å²) < 4.78 is 16.6. The van der Waals surface area contributed by atoms with E-state index in [9.17, 15) is 14.4 Å². The standard InChI is InChI=1S/C57H80O6/c1-4-7-10-13-16-19-22-25-26-27-28-29-30-33-35-38-41-44-47-50-56(59)62-53-54(63-57(60)51-48-45-42-39-36-32-24-21-18-15-12-9-6-3)52-61-55(58)49-46-43-40-37-34-31-23-20-17-14-11-8-5-2/h7-36,54H,4-6,37-53H2,1-3H3/b10-7-,11-8-,12-9-,16-13-,17-14-,18-15-,22-19-,23-20-,24-21-,26-25-,28-27+,30-29-,34-31-,35-33-,36-32-. The lowest BCUT2D eigenvalue weighted by molar-refractivity contribution is -0.167. The van der Waals surface area contributed by atoms with Crippen LogP contribution in [0.1, 0.15) is 136 Å². The first-order chi connectivity index (χ1) is 31.0. The molecule has 0 aliphatic carbocycles. The van der Waals surface area contributed by atoms with Gasteiger partial charge in [0.05, 0.1) is 0 Å². The largest absolute Gasteiger partial charge is 0.462 e. The lowest BCUT2D eigenvalue weighted by atomic mass is 10.1. The van der Waals surface area contributed by atoms with Gasteiger partial charge in [-0.25, -0.2) is 0 Å². The van der Waals surface area contributed by atoms with Gasteiger partial charge in [-0.3, -0.25) is 14.4 Å². The van der Waals surface area contributed by atoms with Crippen molar-refractivity contribution < 1.29 is 28.6 Å². The van der Waals surface area contributed by atoms with Crippen molar-refractivity contribution in [2.45, 2.75) is 142 Å². The summed E-state index contributed by atoms with van der Waals surface area (Å²) in [5, 5.41) is 0. The fraction of sp³-hybridized carbons (Fsp3) is 0.421. The minimum absolute atomic E-state index is 0.141. The van der Waals surface area contributed by atoms with Crippen LogP contribution in [0.25, 0.3) is 0 Å². The summed E-state index contributed by atoms with van der Waals surface area (Å²) in [5.41, 5.74) is 0. The van der Waals surface area contributed by atoms with Gasteiger partial charge >= 0.3 is 17.9 Å². The second-order valence-electron chi connectivity index (χ2n) is 14.5. The van der Waals surface area contributed by atoms with E-state index in [-0.39, 0.29) is 50.4 Å². The Morgan fingerprint density at radius 2 is 0.571 bits per heavy atom. The van der Waals surface area contributed by atoms with Gasteiger partial charge in [0.2, 0.25) is 0 Å². The van der Waals surface area contributed by atoms with Crippen LogP contribution in [-0.4, -0.2) is 37.2 Å². The Balaban J connectivity index is 4.66. The zero-order valence-corrected chi connectivity index (χ0v) is 39.0. The zero-order valence-electron chi connectivity index (χ0n) is 39.0. The Kier molecular flexibility index (Phi) is 44.9. The van der Waals surface area contributed by atoms with Crippen LogP contribution >= 0.6 is 0 Å². The van der Waals surface area contributed by atoms with Gasteiger partial charge in [-0.1, -0.05) is 222 Å². The maximum atomic E-state index is 12.7. The summed E-state index contributed by atoms with van der Waals surface area (Å²) in [6, 6.07) is 0. The average molecular weight is 861 g/mol. The van der Waals surface area contributed by atoms with Gasteiger partial charge in [0.15, 0.2) is 6.10 Å². The topological polar surface area (TPSA) is 78.9 Å². The molecule has 6 nitrogen and oxygen atoms in total. The lowest BCUT2D eigenvalue weighted by Gasteiger charge is -2.18. The summed E-state index contributed by atoms with van der Waals surface area (Å²) in [5.74, 6) is -1.08. The van der Waals surface area contributed by atoms with E-state index in [1.807, 2.05) is 146 Å². The predicted octanol–water partition coefficient (Wildman–Crippen LogP) is 15.4. The number of carbonyl (C=O) groups excluding carboxylic acids is 3. The molecular weight excluding hydrogens is 781 g/mol. The van der Waals surface area contributed by atoms with E-state index in [1.165, 1.54) is 0 Å². The maximum Gasteiger partial charge on any atom is 0.306 e. The molecule has 0 aromatic heterocycles. The minimum atomic E-state index is -0.844. The highest BCUT2D eigenvalue weighted by Gasteiger charge is 2.19. The summed E-state index contributed by atoms with van der Waals surface area (Å²) in [7, 11) is 0. The molecule has 0 spiro atoms. The molecule has 63 heavy (non-hydrogen) atoms. The number of hydrogen-bond donors (Lipinski definition) is 0. The van der Waals surface area contributed by atoms with Crippen molar-refractivity contribution in [3.63, 3.8) is 0 Å². The Labute approximate surface area is 383 Å². The first-order valence-electron chi connectivity index (χ1n) is 23.5. The molecule has 0 aliphatic heterocycles. The molecule has 1 unspecified atom stereocenters. The quantitative estimate of drug-likeness (QED) is 0.0266. The summed E-state index contributed by atoms with van der Waals surface area (Å²) >= 11 is 0. The molecule has 0 bridgehead atoms.